The van der Waals surface area contributed by atoms with Crippen LogP contribution in [-0.2, 0) is 4.79 Å². The lowest BCUT2D eigenvalue weighted by Crippen LogP contribution is -2.34. The molecule has 5 nitrogen and oxygen atoms in total. The van der Waals surface area contributed by atoms with Gasteiger partial charge in [-0.25, -0.2) is 4.98 Å². The molecule has 0 saturated carbocycles. The Morgan fingerprint density at radius 1 is 1.07 bits per heavy atom. The second-order valence-corrected chi connectivity index (χ2v) is 8.49. The molecule has 4 rings (SSSR count). The van der Waals surface area contributed by atoms with E-state index < -0.39 is 0 Å². The number of hydrogen-bond donors (Lipinski definition) is 1. The van der Waals surface area contributed by atoms with Crippen molar-refractivity contribution in [3.05, 3.63) is 77.0 Å². The second kappa shape index (κ2) is 8.32. The predicted molar refractivity (Wildman–Crippen MR) is 120 cm³/mol. The van der Waals surface area contributed by atoms with E-state index in [4.69, 9.17) is 0 Å². The Morgan fingerprint density at radius 2 is 1.80 bits per heavy atom. The minimum atomic E-state index is -0.133. The summed E-state index contributed by atoms with van der Waals surface area (Å²) < 4.78 is 0. The van der Waals surface area contributed by atoms with Crippen molar-refractivity contribution in [2.24, 2.45) is 0 Å². The number of para-hydroxylation sites is 1. The summed E-state index contributed by atoms with van der Waals surface area (Å²) in [6, 6.07) is 15.4. The Kier molecular flexibility index (Phi) is 5.59. The van der Waals surface area contributed by atoms with Gasteiger partial charge >= 0.3 is 0 Å². The third-order valence-electron chi connectivity index (χ3n) is 5.11. The van der Waals surface area contributed by atoms with Crippen molar-refractivity contribution in [1.29, 1.82) is 0 Å². The highest BCUT2D eigenvalue weighted by molar-refractivity contribution is 7.99. The molecular formula is C24H23N3O2S. The standard InChI is InChI=1S/C24H23N3O2S/c1-15-13-16(2)22(17(3)14-15)26-21(28)10-12-27-19-8-4-5-9-20(19)30-23-18(24(27)29)7-6-11-25-23/h4-9,11,13-14H,10,12H2,1-3H3,(H,26,28). The van der Waals surface area contributed by atoms with Crippen molar-refractivity contribution < 1.29 is 9.59 Å². The zero-order valence-electron chi connectivity index (χ0n) is 17.2. The van der Waals surface area contributed by atoms with E-state index in [1.54, 1.807) is 23.2 Å². The molecule has 30 heavy (non-hydrogen) atoms. The van der Waals surface area contributed by atoms with Gasteiger partial charge in [-0.15, -0.1) is 0 Å². The van der Waals surface area contributed by atoms with Crippen molar-refractivity contribution in [1.82, 2.24) is 4.98 Å². The first kappa shape index (κ1) is 20.2. The molecule has 0 bridgehead atoms. The number of carbonyl (C=O) groups is 2. The molecule has 0 spiro atoms. The van der Waals surface area contributed by atoms with Crippen LogP contribution in [-0.4, -0.2) is 23.3 Å². The Labute approximate surface area is 180 Å². The molecule has 152 valence electrons. The van der Waals surface area contributed by atoms with Gasteiger partial charge in [0.1, 0.15) is 5.03 Å². The SMILES string of the molecule is Cc1cc(C)c(NC(=O)CCN2C(=O)c3cccnc3Sc3ccccc32)c(C)c1. The molecule has 6 heteroatoms. The molecule has 0 unspecified atom stereocenters. The summed E-state index contributed by atoms with van der Waals surface area (Å²) in [7, 11) is 0. The van der Waals surface area contributed by atoms with Crippen LogP contribution in [0.25, 0.3) is 0 Å². The van der Waals surface area contributed by atoms with Gasteiger partial charge in [0.05, 0.1) is 11.3 Å². The lowest BCUT2D eigenvalue weighted by Gasteiger charge is -2.23. The number of amides is 2. The normalized spacial score (nSPS) is 12.8. The van der Waals surface area contributed by atoms with Crippen LogP contribution in [0.1, 0.15) is 33.5 Å². The van der Waals surface area contributed by atoms with Crippen molar-refractivity contribution in [3.63, 3.8) is 0 Å². The number of fused-ring (bicyclic) bond motifs is 2. The Hall–Kier alpha value is -3.12. The fourth-order valence-electron chi connectivity index (χ4n) is 3.77. The number of aromatic nitrogens is 1. The summed E-state index contributed by atoms with van der Waals surface area (Å²) in [6.07, 6.45) is 1.89. The highest BCUT2D eigenvalue weighted by Crippen LogP contribution is 2.40. The zero-order valence-corrected chi connectivity index (χ0v) is 18.0. The Morgan fingerprint density at radius 3 is 2.57 bits per heavy atom. The number of benzene rings is 2. The summed E-state index contributed by atoms with van der Waals surface area (Å²) in [6.45, 7) is 6.32. The molecule has 0 fully saturated rings. The number of pyridine rings is 1. The van der Waals surface area contributed by atoms with E-state index in [2.05, 4.69) is 22.4 Å². The van der Waals surface area contributed by atoms with E-state index >= 15 is 0 Å². The number of rotatable bonds is 4. The quantitative estimate of drug-likeness (QED) is 0.638. The summed E-state index contributed by atoms with van der Waals surface area (Å²) >= 11 is 1.48. The maximum Gasteiger partial charge on any atom is 0.261 e. The van der Waals surface area contributed by atoms with Crippen LogP contribution in [0.2, 0.25) is 0 Å². The van der Waals surface area contributed by atoms with Crippen LogP contribution in [0.4, 0.5) is 11.4 Å². The van der Waals surface area contributed by atoms with Crippen LogP contribution in [0.15, 0.2) is 64.6 Å². The molecule has 1 aliphatic heterocycles. The number of nitrogens with one attached hydrogen (secondary N) is 1. The van der Waals surface area contributed by atoms with Gasteiger partial charge in [0.15, 0.2) is 0 Å². The molecular weight excluding hydrogens is 394 g/mol. The van der Waals surface area contributed by atoms with Crippen LogP contribution in [0.5, 0.6) is 0 Å². The van der Waals surface area contributed by atoms with Crippen LogP contribution < -0.4 is 10.2 Å². The van der Waals surface area contributed by atoms with Crippen LogP contribution in [0.3, 0.4) is 0 Å². The van der Waals surface area contributed by atoms with Crippen molar-refractivity contribution >= 4 is 35.0 Å². The van der Waals surface area contributed by atoms with E-state index in [0.717, 1.165) is 27.4 Å². The van der Waals surface area contributed by atoms with Gasteiger partial charge in [-0.2, -0.15) is 0 Å². The van der Waals surface area contributed by atoms with Gasteiger partial charge in [0.25, 0.3) is 5.91 Å². The van der Waals surface area contributed by atoms with E-state index in [1.165, 1.54) is 17.3 Å². The molecule has 2 heterocycles. The van der Waals surface area contributed by atoms with Gasteiger partial charge in [-0.05, 0) is 56.2 Å². The zero-order chi connectivity index (χ0) is 21.3. The number of hydrogen-bond acceptors (Lipinski definition) is 4. The number of carbonyl (C=O) groups excluding carboxylic acids is 2. The molecule has 0 atom stereocenters. The van der Waals surface area contributed by atoms with E-state index in [1.807, 2.05) is 45.0 Å². The third-order valence-corrected chi connectivity index (χ3v) is 6.20. The first-order valence-electron chi connectivity index (χ1n) is 9.85. The molecule has 3 aromatic rings. The van der Waals surface area contributed by atoms with Crippen molar-refractivity contribution in [3.8, 4) is 0 Å². The Bertz CT molecular complexity index is 1120. The molecule has 0 radical (unpaired) electrons. The minimum absolute atomic E-state index is 0.112. The van der Waals surface area contributed by atoms with Gasteiger partial charge in [-0.1, -0.05) is 41.6 Å². The van der Waals surface area contributed by atoms with Gasteiger partial charge in [-0.3, -0.25) is 9.59 Å². The number of aryl methyl sites for hydroxylation is 3. The van der Waals surface area contributed by atoms with Gasteiger partial charge in [0, 0.05) is 29.7 Å². The van der Waals surface area contributed by atoms with E-state index in [9.17, 15) is 9.59 Å². The lowest BCUT2D eigenvalue weighted by atomic mass is 10.0. The molecule has 0 aliphatic carbocycles. The highest BCUT2D eigenvalue weighted by atomic mass is 32.2. The summed E-state index contributed by atoms with van der Waals surface area (Å²) in [5.74, 6) is -0.246. The smallest absolute Gasteiger partial charge is 0.261 e. The average molecular weight is 418 g/mol. The van der Waals surface area contributed by atoms with Gasteiger partial charge < -0.3 is 10.2 Å². The van der Waals surface area contributed by atoms with Gasteiger partial charge in [0.2, 0.25) is 5.91 Å². The number of anilines is 2. The maximum absolute atomic E-state index is 13.3. The molecule has 0 saturated heterocycles. The van der Waals surface area contributed by atoms with Crippen LogP contribution >= 0.6 is 11.8 Å². The fourth-order valence-corrected chi connectivity index (χ4v) is 4.79. The van der Waals surface area contributed by atoms with E-state index in [0.29, 0.717) is 17.1 Å². The summed E-state index contributed by atoms with van der Waals surface area (Å²) in [5, 5.41) is 3.71. The minimum Gasteiger partial charge on any atom is -0.326 e. The predicted octanol–water partition coefficient (Wildman–Crippen LogP) is 5.15. The topological polar surface area (TPSA) is 62.3 Å². The molecule has 1 aliphatic rings. The third kappa shape index (κ3) is 3.96. The van der Waals surface area contributed by atoms with Crippen molar-refractivity contribution in [2.45, 2.75) is 37.1 Å². The second-order valence-electron chi connectivity index (χ2n) is 7.45. The molecule has 1 aromatic heterocycles. The van der Waals surface area contributed by atoms with E-state index in [-0.39, 0.29) is 18.2 Å². The lowest BCUT2D eigenvalue weighted by molar-refractivity contribution is -0.116. The monoisotopic (exact) mass is 417 g/mol. The Balaban J connectivity index is 1.57. The molecule has 1 N–H and O–H groups in total. The first-order chi connectivity index (χ1) is 14.4. The van der Waals surface area contributed by atoms with Crippen LogP contribution in [0, 0.1) is 20.8 Å². The largest absolute Gasteiger partial charge is 0.326 e. The first-order valence-corrected chi connectivity index (χ1v) is 10.7. The average Bonchev–Trinajstić information content (AvgIpc) is 2.83. The molecule has 2 amide bonds. The summed E-state index contributed by atoms with van der Waals surface area (Å²) in [5.41, 5.74) is 5.45. The number of nitrogens with zero attached hydrogens (tertiary/aromatic N) is 2. The summed E-state index contributed by atoms with van der Waals surface area (Å²) in [4.78, 5) is 33.0. The fraction of sp³-hybridized carbons (Fsp3) is 0.208. The highest BCUT2D eigenvalue weighted by Gasteiger charge is 2.28. The maximum atomic E-state index is 13.3. The molecule has 2 aromatic carbocycles. The van der Waals surface area contributed by atoms with Crippen molar-refractivity contribution in [2.75, 3.05) is 16.8 Å².